The molecule has 0 unspecified atom stereocenters. The van der Waals surface area contributed by atoms with Crippen LogP contribution in [-0.2, 0) is 17.9 Å². The van der Waals surface area contributed by atoms with Crippen LogP contribution in [0.1, 0.15) is 12.5 Å². The Morgan fingerprint density at radius 1 is 1.29 bits per heavy atom. The smallest absolute Gasteiger partial charge is 0.238 e. The van der Waals surface area contributed by atoms with E-state index in [4.69, 9.17) is 0 Å². The number of halogens is 1. The first-order valence-electron chi connectivity index (χ1n) is 6.95. The first-order valence-corrected chi connectivity index (χ1v) is 6.95. The van der Waals surface area contributed by atoms with Gasteiger partial charge in [0.15, 0.2) is 0 Å². The van der Waals surface area contributed by atoms with Crippen LogP contribution in [0.5, 0.6) is 0 Å². The van der Waals surface area contributed by atoms with Gasteiger partial charge < -0.3 is 9.88 Å². The molecule has 0 saturated carbocycles. The molecule has 21 heavy (non-hydrogen) atoms. The molecule has 2 aromatic rings. The van der Waals surface area contributed by atoms with Gasteiger partial charge in [-0.3, -0.25) is 9.69 Å². The molecule has 2 rings (SSSR count). The van der Waals surface area contributed by atoms with Crippen LogP contribution in [0.4, 0.5) is 10.1 Å². The average Bonchev–Trinajstić information content (AvgIpc) is 2.88. The van der Waals surface area contributed by atoms with Crippen LogP contribution in [0.15, 0.2) is 42.7 Å². The van der Waals surface area contributed by atoms with Gasteiger partial charge in [-0.25, -0.2) is 4.39 Å². The SMILES string of the molecule is CCn1ccc(CN(C)CC(=O)Nc2ccc(F)cc2)c1. The summed E-state index contributed by atoms with van der Waals surface area (Å²) in [7, 11) is 1.90. The number of carbonyl (C=O) groups excluding carboxylic acids is 1. The Bertz CT molecular complexity index is 592. The van der Waals surface area contributed by atoms with Gasteiger partial charge in [0.1, 0.15) is 5.82 Å². The maximum Gasteiger partial charge on any atom is 0.238 e. The summed E-state index contributed by atoms with van der Waals surface area (Å²) in [6.07, 6.45) is 4.11. The predicted molar refractivity (Wildman–Crippen MR) is 81.5 cm³/mol. The Labute approximate surface area is 124 Å². The second-order valence-electron chi connectivity index (χ2n) is 5.08. The van der Waals surface area contributed by atoms with E-state index in [1.165, 1.54) is 17.7 Å². The first kappa shape index (κ1) is 15.3. The highest BCUT2D eigenvalue weighted by atomic mass is 19.1. The van der Waals surface area contributed by atoms with E-state index in [1.807, 2.05) is 18.1 Å². The molecule has 5 heteroatoms. The van der Waals surface area contributed by atoms with E-state index in [2.05, 4.69) is 29.1 Å². The normalized spacial score (nSPS) is 10.9. The molecule has 0 aliphatic carbocycles. The molecule has 1 aromatic heterocycles. The molecule has 1 amide bonds. The lowest BCUT2D eigenvalue weighted by molar-refractivity contribution is -0.117. The number of aryl methyl sites for hydroxylation is 1. The van der Waals surface area contributed by atoms with Crippen LogP contribution < -0.4 is 5.32 Å². The monoisotopic (exact) mass is 289 g/mol. The van der Waals surface area contributed by atoms with Crippen LogP contribution in [0.3, 0.4) is 0 Å². The average molecular weight is 289 g/mol. The van der Waals surface area contributed by atoms with E-state index in [0.717, 1.165) is 6.54 Å². The van der Waals surface area contributed by atoms with Crippen molar-refractivity contribution in [3.8, 4) is 0 Å². The van der Waals surface area contributed by atoms with E-state index in [-0.39, 0.29) is 18.3 Å². The van der Waals surface area contributed by atoms with Gasteiger partial charge in [-0.05, 0) is 49.9 Å². The molecule has 4 nitrogen and oxygen atoms in total. The minimum Gasteiger partial charge on any atom is -0.354 e. The second kappa shape index (κ2) is 7.04. The molecular formula is C16H20FN3O. The van der Waals surface area contributed by atoms with Crippen molar-refractivity contribution in [3.63, 3.8) is 0 Å². The maximum absolute atomic E-state index is 12.8. The third-order valence-electron chi connectivity index (χ3n) is 3.17. The third-order valence-corrected chi connectivity index (χ3v) is 3.17. The molecule has 112 valence electrons. The molecule has 0 aliphatic heterocycles. The standard InChI is InChI=1S/C16H20FN3O/c1-3-20-9-8-13(11-20)10-19(2)12-16(21)18-15-6-4-14(17)5-7-15/h4-9,11H,3,10,12H2,1-2H3,(H,18,21). The van der Waals surface area contributed by atoms with Gasteiger partial charge in [0.2, 0.25) is 5.91 Å². The fourth-order valence-electron chi connectivity index (χ4n) is 2.13. The van der Waals surface area contributed by atoms with Crippen molar-refractivity contribution < 1.29 is 9.18 Å². The summed E-state index contributed by atoms with van der Waals surface area (Å²) in [5.41, 5.74) is 1.78. The van der Waals surface area contributed by atoms with Crippen molar-refractivity contribution in [2.75, 3.05) is 18.9 Å². The summed E-state index contributed by atoms with van der Waals surface area (Å²) in [6.45, 7) is 4.02. The van der Waals surface area contributed by atoms with Gasteiger partial charge in [0, 0.05) is 31.2 Å². The van der Waals surface area contributed by atoms with Gasteiger partial charge in [-0.15, -0.1) is 0 Å². The molecular weight excluding hydrogens is 269 g/mol. The van der Waals surface area contributed by atoms with Gasteiger partial charge in [0.05, 0.1) is 6.54 Å². The Hall–Kier alpha value is -2.14. The molecule has 0 fully saturated rings. The number of nitrogens with zero attached hydrogens (tertiary/aromatic N) is 2. The highest BCUT2D eigenvalue weighted by Crippen LogP contribution is 2.09. The maximum atomic E-state index is 12.8. The van der Waals surface area contributed by atoms with Crippen molar-refractivity contribution in [3.05, 3.63) is 54.1 Å². The molecule has 0 saturated heterocycles. The number of rotatable bonds is 6. The summed E-state index contributed by atoms with van der Waals surface area (Å²) in [6, 6.07) is 7.81. The number of hydrogen-bond donors (Lipinski definition) is 1. The lowest BCUT2D eigenvalue weighted by Gasteiger charge is -2.15. The number of carbonyl (C=O) groups is 1. The molecule has 1 N–H and O–H groups in total. The van der Waals surface area contributed by atoms with Crippen molar-refractivity contribution >= 4 is 11.6 Å². The van der Waals surface area contributed by atoms with Crippen LogP contribution in [0, 0.1) is 5.82 Å². The van der Waals surface area contributed by atoms with Gasteiger partial charge >= 0.3 is 0 Å². The number of benzene rings is 1. The zero-order valence-corrected chi connectivity index (χ0v) is 12.3. The third kappa shape index (κ3) is 4.72. The minimum atomic E-state index is -0.314. The number of aromatic nitrogens is 1. The Balaban J connectivity index is 1.82. The minimum absolute atomic E-state index is 0.112. The van der Waals surface area contributed by atoms with Gasteiger partial charge in [0.25, 0.3) is 0 Å². The van der Waals surface area contributed by atoms with E-state index < -0.39 is 0 Å². The lowest BCUT2D eigenvalue weighted by Crippen LogP contribution is -2.29. The molecule has 0 radical (unpaired) electrons. The number of anilines is 1. The highest BCUT2D eigenvalue weighted by Gasteiger charge is 2.08. The van der Waals surface area contributed by atoms with E-state index in [0.29, 0.717) is 12.2 Å². The van der Waals surface area contributed by atoms with Crippen molar-refractivity contribution in [2.24, 2.45) is 0 Å². The summed E-state index contributed by atoms with van der Waals surface area (Å²) < 4.78 is 14.9. The van der Waals surface area contributed by atoms with Crippen LogP contribution in [0.2, 0.25) is 0 Å². The topological polar surface area (TPSA) is 37.3 Å². The van der Waals surface area contributed by atoms with Crippen LogP contribution in [-0.4, -0.2) is 29.0 Å². The number of hydrogen-bond acceptors (Lipinski definition) is 2. The number of likely N-dealkylation sites (N-methyl/N-ethyl adjacent to an activating group) is 1. The highest BCUT2D eigenvalue weighted by molar-refractivity contribution is 5.92. The fourth-order valence-corrected chi connectivity index (χ4v) is 2.13. The quantitative estimate of drug-likeness (QED) is 0.888. The van der Waals surface area contributed by atoms with E-state index in [9.17, 15) is 9.18 Å². The molecule has 1 heterocycles. The summed E-state index contributed by atoms with van der Waals surface area (Å²) in [4.78, 5) is 13.8. The zero-order chi connectivity index (χ0) is 15.2. The zero-order valence-electron chi connectivity index (χ0n) is 12.3. The molecule has 1 aromatic carbocycles. The summed E-state index contributed by atoms with van der Waals surface area (Å²) in [5.74, 6) is -0.426. The van der Waals surface area contributed by atoms with E-state index >= 15 is 0 Å². The van der Waals surface area contributed by atoms with Gasteiger partial charge in [-0.1, -0.05) is 0 Å². The molecule has 0 atom stereocenters. The summed E-state index contributed by atoms with van der Waals surface area (Å²) in [5, 5.41) is 2.75. The Morgan fingerprint density at radius 2 is 2.00 bits per heavy atom. The molecule has 0 spiro atoms. The van der Waals surface area contributed by atoms with E-state index in [1.54, 1.807) is 12.1 Å². The lowest BCUT2D eigenvalue weighted by atomic mass is 10.3. The molecule has 0 aliphatic rings. The Kier molecular flexibility index (Phi) is 5.11. The largest absolute Gasteiger partial charge is 0.354 e. The number of amides is 1. The van der Waals surface area contributed by atoms with Crippen LogP contribution >= 0.6 is 0 Å². The van der Waals surface area contributed by atoms with Crippen molar-refractivity contribution in [1.82, 2.24) is 9.47 Å². The second-order valence-corrected chi connectivity index (χ2v) is 5.08. The predicted octanol–water partition coefficient (Wildman–Crippen LogP) is 2.72. The van der Waals surface area contributed by atoms with Crippen molar-refractivity contribution in [2.45, 2.75) is 20.0 Å². The van der Waals surface area contributed by atoms with Crippen LogP contribution in [0.25, 0.3) is 0 Å². The molecule has 0 bridgehead atoms. The fraction of sp³-hybridized carbons (Fsp3) is 0.312. The number of nitrogens with one attached hydrogen (secondary N) is 1. The summed E-state index contributed by atoms with van der Waals surface area (Å²) >= 11 is 0. The Morgan fingerprint density at radius 3 is 2.62 bits per heavy atom. The van der Waals surface area contributed by atoms with Gasteiger partial charge in [-0.2, -0.15) is 0 Å². The first-order chi connectivity index (χ1) is 10.1. The van der Waals surface area contributed by atoms with Crippen molar-refractivity contribution in [1.29, 1.82) is 0 Å².